The molecule has 0 aliphatic heterocycles. The minimum absolute atomic E-state index is 0.0946. The van der Waals surface area contributed by atoms with Gasteiger partial charge in [0.05, 0.1) is 7.11 Å². The van der Waals surface area contributed by atoms with Crippen molar-refractivity contribution >= 4 is 17.7 Å². The molecule has 6 heteroatoms. The number of ketones is 1. The van der Waals surface area contributed by atoms with Crippen LogP contribution in [-0.2, 0) is 19.1 Å². The number of hydrogen-bond donors (Lipinski definition) is 2. The molecule has 0 radical (unpaired) electrons. The molecule has 21 heavy (non-hydrogen) atoms. The number of nitrogens with one attached hydrogen (secondary N) is 1. The maximum absolute atomic E-state index is 12.0. The SMILES string of the molecule is COC(=O)[C@@H](NC(=O)[C@@H](O)CC(C)C)[C@@H]1CCCC(=O)C1. The molecule has 0 aromatic carbocycles. The summed E-state index contributed by atoms with van der Waals surface area (Å²) in [6, 6.07) is -0.867. The molecule has 1 aliphatic carbocycles. The Labute approximate surface area is 125 Å². The number of carbonyl (C=O) groups excluding carboxylic acids is 3. The van der Waals surface area contributed by atoms with Crippen LogP contribution in [0.25, 0.3) is 0 Å². The predicted octanol–water partition coefficient (Wildman–Crippen LogP) is 0.810. The number of amides is 1. The topological polar surface area (TPSA) is 92.7 Å². The third kappa shape index (κ3) is 5.46. The highest BCUT2D eigenvalue weighted by molar-refractivity contribution is 5.88. The second-order valence-corrected chi connectivity index (χ2v) is 6.05. The fourth-order valence-corrected chi connectivity index (χ4v) is 2.64. The first-order valence-electron chi connectivity index (χ1n) is 7.43. The van der Waals surface area contributed by atoms with E-state index < -0.39 is 24.0 Å². The average molecular weight is 299 g/mol. The highest BCUT2D eigenvalue weighted by Crippen LogP contribution is 2.25. The second kappa shape index (κ2) is 8.12. The molecule has 0 aromatic rings. The van der Waals surface area contributed by atoms with Gasteiger partial charge in [-0.2, -0.15) is 0 Å². The molecular weight excluding hydrogens is 274 g/mol. The molecule has 0 heterocycles. The molecule has 1 rings (SSSR count). The van der Waals surface area contributed by atoms with E-state index in [9.17, 15) is 19.5 Å². The van der Waals surface area contributed by atoms with Gasteiger partial charge in [-0.25, -0.2) is 4.79 Å². The molecule has 1 fully saturated rings. The van der Waals surface area contributed by atoms with E-state index in [0.717, 1.165) is 0 Å². The normalized spacial score (nSPS) is 21.8. The summed E-state index contributed by atoms with van der Waals surface area (Å²) < 4.78 is 4.72. The van der Waals surface area contributed by atoms with Gasteiger partial charge in [0.2, 0.25) is 5.91 Å². The van der Waals surface area contributed by atoms with Crippen LogP contribution in [-0.4, -0.2) is 42.0 Å². The van der Waals surface area contributed by atoms with Crippen molar-refractivity contribution in [3.8, 4) is 0 Å². The molecule has 0 spiro atoms. The molecule has 2 N–H and O–H groups in total. The molecule has 6 nitrogen and oxygen atoms in total. The number of methoxy groups -OCH3 is 1. The van der Waals surface area contributed by atoms with E-state index in [1.54, 1.807) is 0 Å². The van der Waals surface area contributed by atoms with Crippen LogP contribution in [0, 0.1) is 11.8 Å². The van der Waals surface area contributed by atoms with Crippen molar-refractivity contribution in [3.63, 3.8) is 0 Å². The van der Waals surface area contributed by atoms with Gasteiger partial charge in [0.25, 0.3) is 0 Å². The predicted molar refractivity (Wildman–Crippen MR) is 76.4 cm³/mol. The van der Waals surface area contributed by atoms with Crippen LogP contribution in [0.2, 0.25) is 0 Å². The van der Waals surface area contributed by atoms with Crippen LogP contribution in [0.3, 0.4) is 0 Å². The van der Waals surface area contributed by atoms with Crippen LogP contribution in [0.1, 0.15) is 46.0 Å². The van der Waals surface area contributed by atoms with Crippen molar-refractivity contribution in [2.24, 2.45) is 11.8 Å². The number of hydrogen-bond acceptors (Lipinski definition) is 5. The number of aliphatic hydroxyl groups excluding tert-OH is 1. The highest BCUT2D eigenvalue weighted by Gasteiger charge is 2.35. The number of aliphatic hydroxyl groups is 1. The van der Waals surface area contributed by atoms with E-state index in [1.165, 1.54) is 7.11 Å². The van der Waals surface area contributed by atoms with Crippen LogP contribution < -0.4 is 5.32 Å². The zero-order chi connectivity index (χ0) is 16.0. The molecule has 0 saturated heterocycles. The lowest BCUT2D eigenvalue weighted by Crippen LogP contribution is -2.51. The molecular formula is C15H25NO5. The average Bonchev–Trinajstić information content (AvgIpc) is 2.42. The summed E-state index contributed by atoms with van der Waals surface area (Å²) in [5.41, 5.74) is 0. The van der Waals surface area contributed by atoms with Gasteiger partial charge in [-0.3, -0.25) is 9.59 Å². The maximum atomic E-state index is 12.0. The maximum Gasteiger partial charge on any atom is 0.328 e. The molecule has 0 unspecified atom stereocenters. The molecule has 1 aliphatic rings. The summed E-state index contributed by atoms with van der Waals surface area (Å²) in [6.07, 6.45) is 1.35. The minimum atomic E-state index is -1.16. The number of carbonyl (C=O) groups is 3. The Morgan fingerprint density at radius 3 is 2.62 bits per heavy atom. The first-order chi connectivity index (χ1) is 9.85. The molecule has 120 valence electrons. The standard InChI is InChI=1S/C15H25NO5/c1-9(2)7-12(18)14(19)16-13(15(20)21-3)10-5-4-6-11(17)8-10/h9-10,12-13,18H,4-8H2,1-3H3,(H,16,19)/t10-,12+,13+/m1/s1. The smallest absolute Gasteiger partial charge is 0.328 e. The van der Waals surface area contributed by atoms with E-state index >= 15 is 0 Å². The Bertz CT molecular complexity index is 394. The first-order valence-corrected chi connectivity index (χ1v) is 7.43. The fraction of sp³-hybridized carbons (Fsp3) is 0.800. The van der Waals surface area contributed by atoms with Gasteiger partial charge < -0.3 is 15.2 Å². The third-order valence-electron chi connectivity index (χ3n) is 3.74. The van der Waals surface area contributed by atoms with Crippen LogP contribution in [0.4, 0.5) is 0 Å². The van der Waals surface area contributed by atoms with Crippen LogP contribution in [0.15, 0.2) is 0 Å². The van der Waals surface area contributed by atoms with E-state index in [-0.39, 0.29) is 24.0 Å². The van der Waals surface area contributed by atoms with Crippen LogP contribution in [0.5, 0.6) is 0 Å². The van der Waals surface area contributed by atoms with Crippen molar-refractivity contribution in [3.05, 3.63) is 0 Å². The van der Waals surface area contributed by atoms with Gasteiger partial charge in [-0.15, -0.1) is 0 Å². The van der Waals surface area contributed by atoms with E-state index in [2.05, 4.69) is 5.32 Å². The molecule has 0 aromatic heterocycles. The molecule has 1 amide bonds. The number of Topliss-reactive ketones (excluding diaryl/α,β-unsaturated/α-hetero) is 1. The summed E-state index contributed by atoms with van der Waals surface area (Å²) in [4.78, 5) is 35.4. The molecule has 0 bridgehead atoms. The monoisotopic (exact) mass is 299 g/mol. The lowest BCUT2D eigenvalue weighted by Gasteiger charge is -2.29. The van der Waals surface area contributed by atoms with Crippen molar-refractivity contribution in [1.82, 2.24) is 5.32 Å². The van der Waals surface area contributed by atoms with Crippen molar-refractivity contribution in [2.45, 2.75) is 58.1 Å². The Morgan fingerprint density at radius 1 is 1.43 bits per heavy atom. The van der Waals surface area contributed by atoms with Gasteiger partial charge in [0, 0.05) is 12.8 Å². The Kier molecular flexibility index (Phi) is 6.81. The van der Waals surface area contributed by atoms with E-state index in [4.69, 9.17) is 4.74 Å². The van der Waals surface area contributed by atoms with E-state index in [1.807, 2.05) is 13.8 Å². The molecule has 1 saturated carbocycles. The van der Waals surface area contributed by atoms with Crippen molar-refractivity contribution in [1.29, 1.82) is 0 Å². The fourth-order valence-electron chi connectivity index (χ4n) is 2.64. The Morgan fingerprint density at radius 2 is 2.10 bits per heavy atom. The van der Waals surface area contributed by atoms with Gasteiger partial charge in [0.15, 0.2) is 0 Å². The Hall–Kier alpha value is -1.43. The lowest BCUT2D eigenvalue weighted by molar-refractivity contribution is -0.148. The summed E-state index contributed by atoms with van der Waals surface area (Å²) in [5.74, 6) is -1.15. The van der Waals surface area contributed by atoms with Crippen molar-refractivity contribution in [2.75, 3.05) is 7.11 Å². The quantitative estimate of drug-likeness (QED) is 0.708. The Balaban J connectivity index is 2.72. The van der Waals surface area contributed by atoms with Gasteiger partial charge in [-0.1, -0.05) is 13.8 Å². The van der Waals surface area contributed by atoms with Gasteiger partial charge >= 0.3 is 5.97 Å². The van der Waals surface area contributed by atoms with Gasteiger partial charge in [-0.05, 0) is 31.1 Å². The number of esters is 1. The van der Waals surface area contributed by atoms with E-state index in [0.29, 0.717) is 25.7 Å². The second-order valence-electron chi connectivity index (χ2n) is 6.05. The minimum Gasteiger partial charge on any atom is -0.467 e. The first kappa shape index (κ1) is 17.6. The third-order valence-corrected chi connectivity index (χ3v) is 3.74. The highest BCUT2D eigenvalue weighted by atomic mass is 16.5. The lowest BCUT2D eigenvalue weighted by atomic mass is 9.83. The number of ether oxygens (including phenoxy) is 1. The van der Waals surface area contributed by atoms with Crippen LogP contribution >= 0.6 is 0 Å². The summed E-state index contributed by atoms with van der Waals surface area (Å²) in [7, 11) is 1.25. The summed E-state index contributed by atoms with van der Waals surface area (Å²) >= 11 is 0. The molecule has 3 atom stereocenters. The summed E-state index contributed by atoms with van der Waals surface area (Å²) in [6.45, 7) is 3.79. The van der Waals surface area contributed by atoms with Gasteiger partial charge in [0.1, 0.15) is 17.9 Å². The largest absolute Gasteiger partial charge is 0.467 e. The van der Waals surface area contributed by atoms with Crippen molar-refractivity contribution < 1.29 is 24.2 Å². The zero-order valence-electron chi connectivity index (χ0n) is 12.9. The zero-order valence-corrected chi connectivity index (χ0v) is 12.9. The number of rotatable bonds is 6. The summed E-state index contributed by atoms with van der Waals surface area (Å²) in [5, 5.41) is 12.4.